The Hall–Kier alpha value is -1.46. The van der Waals surface area contributed by atoms with Gasteiger partial charge in [-0.3, -0.25) is 0 Å². The van der Waals surface area contributed by atoms with Gasteiger partial charge in [0.15, 0.2) is 0 Å². The van der Waals surface area contributed by atoms with Crippen molar-refractivity contribution in [3.05, 3.63) is 0 Å². The number of urea groups is 2. The quantitative estimate of drug-likeness (QED) is 0.846. The highest BCUT2D eigenvalue weighted by molar-refractivity contribution is 5.75. The van der Waals surface area contributed by atoms with E-state index in [0.717, 1.165) is 6.54 Å². The summed E-state index contributed by atoms with van der Waals surface area (Å²) >= 11 is 0. The van der Waals surface area contributed by atoms with E-state index in [1.165, 1.54) is 19.3 Å². The molecule has 2 aliphatic rings. The lowest BCUT2D eigenvalue weighted by atomic mass is 9.64. The number of piperazine rings is 1. The van der Waals surface area contributed by atoms with E-state index < -0.39 is 6.03 Å². The molecule has 1 saturated carbocycles. The molecule has 1 aliphatic heterocycles. The molecule has 0 aromatic carbocycles. The summed E-state index contributed by atoms with van der Waals surface area (Å²) in [5.41, 5.74) is 5.58. The molecule has 0 spiro atoms. The Balaban J connectivity index is 1.91. The van der Waals surface area contributed by atoms with Crippen molar-refractivity contribution in [3.63, 3.8) is 0 Å². The molecule has 2 N–H and O–H groups in total. The molecule has 6 nitrogen and oxygen atoms in total. The SMILES string of the molecule is C[C@H]1CCCC(C)(C)[C@@H]1CN(C)C(=O)N1CCN(C(N)=O)CC1. The van der Waals surface area contributed by atoms with Gasteiger partial charge in [-0.2, -0.15) is 0 Å². The molecule has 0 aromatic rings. The van der Waals surface area contributed by atoms with Crippen molar-refractivity contribution >= 4 is 12.1 Å². The number of primary amides is 1. The van der Waals surface area contributed by atoms with Gasteiger partial charge >= 0.3 is 12.1 Å². The van der Waals surface area contributed by atoms with Crippen molar-refractivity contribution in [2.24, 2.45) is 23.0 Å². The fourth-order valence-corrected chi connectivity index (χ4v) is 4.20. The number of rotatable bonds is 2. The predicted molar refractivity (Wildman–Crippen MR) is 91.0 cm³/mol. The first-order valence-electron chi connectivity index (χ1n) is 8.77. The number of nitrogens with zero attached hydrogens (tertiary/aromatic N) is 3. The van der Waals surface area contributed by atoms with Gasteiger partial charge in [-0.1, -0.05) is 33.6 Å². The van der Waals surface area contributed by atoms with Gasteiger partial charge in [0.25, 0.3) is 0 Å². The average Bonchev–Trinajstić information content (AvgIpc) is 2.50. The largest absolute Gasteiger partial charge is 0.351 e. The molecule has 1 heterocycles. The summed E-state index contributed by atoms with van der Waals surface area (Å²) in [5.74, 6) is 1.19. The van der Waals surface area contributed by atoms with Crippen LogP contribution in [0.15, 0.2) is 0 Å². The Morgan fingerprint density at radius 1 is 1.17 bits per heavy atom. The van der Waals surface area contributed by atoms with Crippen LogP contribution in [0.3, 0.4) is 0 Å². The van der Waals surface area contributed by atoms with Crippen molar-refractivity contribution in [3.8, 4) is 0 Å². The Kier molecular flexibility index (Phi) is 5.42. The van der Waals surface area contributed by atoms with Crippen molar-refractivity contribution in [1.29, 1.82) is 0 Å². The van der Waals surface area contributed by atoms with Gasteiger partial charge in [0.2, 0.25) is 0 Å². The lowest BCUT2D eigenvalue weighted by Crippen LogP contribution is -2.55. The summed E-state index contributed by atoms with van der Waals surface area (Å²) in [4.78, 5) is 29.1. The van der Waals surface area contributed by atoms with Crippen LogP contribution in [0.1, 0.15) is 40.0 Å². The van der Waals surface area contributed by atoms with E-state index in [0.29, 0.717) is 38.0 Å². The number of carbonyl (C=O) groups excluding carboxylic acids is 2. The van der Waals surface area contributed by atoms with Gasteiger partial charge in [-0.25, -0.2) is 9.59 Å². The molecule has 0 aromatic heterocycles. The molecule has 2 fully saturated rings. The molecule has 2 rings (SSSR count). The minimum Gasteiger partial charge on any atom is -0.351 e. The summed E-state index contributed by atoms with van der Waals surface area (Å²) in [6.07, 6.45) is 3.78. The third-order valence-electron chi connectivity index (χ3n) is 5.83. The Labute approximate surface area is 140 Å². The minimum atomic E-state index is -0.400. The van der Waals surface area contributed by atoms with Gasteiger partial charge in [0, 0.05) is 39.8 Å². The van der Waals surface area contributed by atoms with Gasteiger partial charge in [-0.05, 0) is 23.7 Å². The molecular formula is C17H32N4O2. The van der Waals surface area contributed by atoms with Crippen molar-refractivity contribution in [2.45, 2.75) is 40.0 Å². The first kappa shape index (κ1) is 17.9. The minimum absolute atomic E-state index is 0.0719. The summed E-state index contributed by atoms with van der Waals surface area (Å²) < 4.78 is 0. The zero-order valence-corrected chi connectivity index (χ0v) is 15.0. The topological polar surface area (TPSA) is 69.9 Å². The maximum Gasteiger partial charge on any atom is 0.319 e. The van der Waals surface area contributed by atoms with Crippen LogP contribution in [-0.2, 0) is 0 Å². The van der Waals surface area contributed by atoms with Crippen LogP contribution in [-0.4, -0.2) is 66.5 Å². The molecule has 2 atom stereocenters. The Bertz CT molecular complexity index is 444. The van der Waals surface area contributed by atoms with Gasteiger partial charge in [-0.15, -0.1) is 0 Å². The highest BCUT2D eigenvalue weighted by atomic mass is 16.2. The van der Waals surface area contributed by atoms with E-state index >= 15 is 0 Å². The monoisotopic (exact) mass is 324 g/mol. The number of nitrogens with two attached hydrogens (primary N) is 1. The van der Waals surface area contributed by atoms with E-state index in [1.54, 1.807) is 4.90 Å². The zero-order chi connectivity index (χ0) is 17.2. The third kappa shape index (κ3) is 4.09. The molecule has 4 amide bonds. The summed E-state index contributed by atoms with van der Waals surface area (Å²) in [6.45, 7) is 9.97. The maximum atomic E-state index is 12.7. The second-order valence-electron chi connectivity index (χ2n) is 7.94. The number of hydrogen-bond acceptors (Lipinski definition) is 2. The highest BCUT2D eigenvalue weighted by Gasteiger charge is 2.38. The van der Waals surface area contributed by atoms with Gasteiger partial charge < -0.3 is 20.4 Å². The van der Waals surface area contributed by atoms with Crippen molar-refractivity contribution in [1.82, 2.24) is 14.7 Å². The van der Waals surface area contributed by atoms with E-state index in [1.807, 2.05) is 16.8 Å². The van der Waals surface area contributed by atoms with Crippen LogP contribution in [0, 0.1) is 17.3 Å². The van der Waals surface area contributed by atoms with E-state index in [4.69, 9.17) is 5.73 Å². The highest BCUT2D eigenvalue weighted by Crippen LogP contribution is 2.44. The fraction of sp³-hybridized carbons (Fsp3) is 0.882. The summed E-state index contributed by atoms with van der Waals surface area (Å²) in [7, 11) is 1.90. The maximum absolute atomic E-state index is 12.7. The molecule has 0 bridgehead atoms. The fourth-order valence-electron chi connectivity index (χ4n) is 4.20. The number of amides is 4. The van der Waals surface area contributed by atoms with Crippen LogP contribution >= 0.6 is 0 Å². The van der Waals surface area contributed by atoms with Crippen molar-refractivity contribution in [2.75, 3.05) is 39.8 Å². The second kappa shape index (κ2) is 6.97. The van der Waals surface area contributed by atoms with Crippen LogP contribution in [0.2, 0.25) is 0 Å². The lowest BCUT2D eigenvalue weighted by Gasteiger charge is -2.45. The average molecular weight is 324 g/mol. The summed E-state index contributed by atoms with van der Waals surface area (Å²) in [6, 6.07) is -0.328. The first-order chi connectivity index (χ1) is 10.7. The van der Waals surface area contributed by atoms with Crippen LogP contribution < -0.4 is 5.73 Å². The van der Waals surface area contributed by atoms with Crippen LogP contribution in [0.25, 0.3) is 0 Å². The molecular weight excluding hydrogens is 292 g/mol. The van der Waals surface area contributed by atoms with Crippen LogP contribution in [0.5, 0.6) is 0 Å². The molecule has 0 radical (unpaired) electrons. The normalized spacial score (nSPS) is 27.7. The third-order valence-corrected chi connectivity index (χ3v) is 5.83. The van der Waals surface area contributed by atoms with Crippen LogP contribution in [0.4, 0.5) is 9.59 Å². The molecule has 23 heavy (non-hydrogen) atoms. The van der Waals surface area contributed by atoms with E-state index in [9.17, 15) is 9.59 Å². The molecule has 0 unspecified atom stereocenters. The van der Waals surface area contributed by atoms with E-state index in [2.05, 4.69) is 20.8 Å². The Morgan fingerprint density at radius 2 is 1.74 bits per heavy atom. The smallest absolute Gasteiger partial charge is 0.319 e. The number of carbonyl (C=O) groups is 2. The predicted octanol–water partition coefficient (Wildman–Crippen LogP) is 2.20. The lowest BCUT2D eigenvalue weighted by molar-refractivity contribution is 0.0536. The second-order valence-corrected chi connectivity index (χ2v) is 7.94. The molecule has 132 valence electrons. The number of hydrogen-bond donors (Lipinski definition) is 1. The van der Waals surface area contributed by atoms with E-state index in [-0.39, 0.29) is 11.4 Å². The molecule has 1 saturated heterocycles. The van der Waals surface area contributed by atoms with Crippen molar-refractivity contribution < 1.29 is 9.59 Å². The molecule has 1 aliphatic carbocycles. The molecule has 6 heteroatoms. The standard InChI is InChI=1S/C17H32N4O2/c1-13-6-5-7-17(2,3)14(13)12-19(4)16(23)21-10-8-20(9-11-21)15(18)22/h13-14H,5-12H2,1-4H3,(H2,18,22)/t13-,14+/m0/s1. The van der Waals surface area contributed by atoms with Gasteiger partial charge in [0.1, 0.15) is 0 Å². The Morgan fingerprint density at radius 3 is 2.26 bits per heavy atom. The zero-order valence-electron chi connectivity index (χ0n) is 15.0. The summed E-state index contributed by atoms with van der Waals surface area (Å²) in [5, 5.41) is 0. The first-order valence-corrected chi connectivity index (χ1v) is 8.77. The van der Waals surface area contributed by atoms with Gasteiger partial charge in [0.05, 0.1) is 0 Å².